The number of sulfonamides is 1. The summed E-state index contributed by atoms with van der Waals surface area (Å²) >= 11 is 0. The Morgan fingerprint density at radius 1 is 0.786 bits per heavy atom. The van der Waals surface area contributed by atoms with E-state index >= 15 is 0 Å². The summed E-state index contributed by atoms with van der Waals surface area (Å²) in [7, 11) is -3.62. The van der Waals surface area contributed by atoms with E-state index in [2.05, 4.69) is 31.2 Å². The van der Waals surface area contributed by atoms with Crippen molar-refractivity contribution < 1.29 is 8.42 Å². The minimum absolute atomic E-state index is 0.276. The zero-order valence-corrected chi connectivity index (χ0v) is 18.4. The molecule has 0 aliphatic rings. The van der Waals surface area contributed by atoms with E-state index in [4.69, 9.17) is 5.14 Å². The van der Waals surface area contributed by atoms with Gasteiger partial charge in [-0.3, -0.25) is 0 Å². The largest absolute Gasteiger partial charge is 0.238 e. The molecule has 0 bridgehead atoms. The van der Waals surface area contributed by atoms with Gasteiger partial charge in [-0.05, 0) is 56.6 Å². The fourth-order valence-corrected chi connectivity index (χ4v) is 4.10. The molecule has 0 unspecified atom stereocenters. The van der Waals surface area contributed by atoms with Crippen LogP contribution in [-0.4, -0.2) is 8.42 Å². The highest BCUT2D eigenvalue weighted by atomic mass is 32.2. The Balaban J connectivity index is 2.01. The summed E-state index contributed by atoms with van der Waals surface area (Å²) in [4.78, 5) is 0.276. The second-order valence-corrected chi connectivity index (χ2v) is 9.02. The van der Waals surface area contributed by atoms with Crippen LogP contribution < -0.4 is 5.14 Å². The van der Waals surface area contributed by atoms with Crippen molar-refractivity contribution in [1.82, 2.24) is 0 Å². The maximum atomic E-state index is 11.6. The maximum absolute atomic E-state index is 11.6. The summed E-state index contributed by atoms with van der Waals surface area (Å²) in [5.74, 6) is 0. The highest BCUT2D eigenvalue weighted by Gasteiger charge is 2.12. The van der Waals surface area contributed by atoms with E-state index in [1.165, 1.54) is 57.8 Å². The quantitative estimate of drug-likeness (QED) is 0.246. The molecule has 0 radical (unpaired) electrons. The summed E-state index contributed by atoms with van der Waals surface area (Å²) in [6.45, 7) is 2.24. The van der Waals surface area contributed by atoms with Crippen molar-refractivity contribution in [1.29, 1.82) is 0 Å². The Morgan fingerprint density at radius 2 is 1.36 bits per heavy atom. The normalized spacial score (nSPS) is 12.4. The number of hydrogen-bond acceptors (Lipinski definition) is 2. The Kier molecular flexibility index (Phi) is 13.7. The van der Waals surface area contributed by atoms with Gasteiger partial charge in [0.15, 0.2) is 0 Å². The lowest BCUT2D eigenvalue weighted by molar-refractivity contribution is 0.588. The van der Waals surface area contributed by atoms with Gasteiger partial charge < -0.3 is 0 Å². The molecule has 0 aliphatic heterocycles. The first-order valence-corrected chi connectivity index (χ1v) is 12.5. The molecule has 4 heteroatoms. The van der Waals surface area contributed by atoms with Gasteiger partial charge in [0.05, 0.1) is 4.90 Å². The standard InChI is InChI=1S/C24H39NO2S/c1-2-3-4-5-6-7-8-9-10-11-12-13-14-15-16-17-20-23-21-18-19-22-24(23)28(25,26)27/h6-7,9-10,18-19,21-22H,2-5,8,11-17,20H2,1H3,(H2,25,26,27)/b7-6-,10-9-. The number of unbranched alkanes of at least 4 members (excludes halogenated alkanes) is 9. The van der Waals surface area contributed by atoms with Gasteiger partial charge in [-0.1, -0.05) is 88.0 Å². The second-order valence-electron chi connectivity index (χ2n) is 7.49. The monoisotopic (exact) mass is 405 g/mol. The van der Waals surface area contributed by atoms with Crippen molar-refractivity contribution in [2.45, 2.75) is 95.3 Å². The molecule has 2 N–H and O–H groups in total. The highest BCUT2D eigenvalue weighted by Crippen LogP contribution is 2.17. The third-order valence-electron chi connectivity index (χ3n) is 4.93. The first-order chi connectivity index (χ1) is 13.6. The van der Waals surface area contributed by atoms with Crippen LogP contribution in [-0.2, 0) is 16.4 Å². The molecule has 0 amide bonds. The first kappa shape index (κ1) is 24.6. The Hall–Kier alpha value is -1.39. The molecule has 28 heavy (non-hydrogen) atoms. The molecule has 0 fully saturated rings. The summed E-state index contributed by atoms with van der Waals surface area (Å²) in [5.41, 5.74) is 0.842. The number of primary sulfonamides is 1. The van der Waals surface area contributed by atoms with Gasteiger partial charge in [0.1, 0.15) is 0 Å². The van der Waals surface area contributed by atoms with Crippen LogP contribution in [0, 0.1) is 0 Å². The summed E-state index contributed by atoms with van der Waals surface area (Å²) in [6.07, 6.45) is 24.5. The molecule has 0 saturated carbocycles. The molecule has 1 rings (SSSR count). The van der Waals surface area contributed by atoms with Gasteiger partial charge in [-0.25, -0.2) is 13.6 Å². The van der Waals surface area contributed by atoms with E-state index in [-0.39, 0.29) is 4.90 Å². The SMILES string of the molecule is CCCCC/C=C\C/C=C\CCCCCCCCc1ccccc1S(N)(=O)=O. The van der Waals surface area contributed by atoms with Gasteiger partial charge >= 0.3 is 0 Å². The van der Waals surface area contributed by atoms with Crippen LogP contribution in [0.5, 0.6) is 0 Å². The van der Waals surface area contributed by atoms with E-state index in [1.807, 2.05) is 12.1 Å². The summed E-state index contributed by atoms with van der Waals surface area (Å²) in [6, 6.07) is 7.06. The third kappa shape index (κ3) is 12.1. The fraction of sp³-hybridized carbons (Fsp3) is 0.583. The average Bonchev–Trinajstić information content (AvgIpc) is 2.67. The molecule has 0 aromatic heterocycles. The Labute approximate surface area is 173 Å². The minimum atomic E-state index is -3.62. The molecule has 158 valence electrons. The molecule has 0 aliphatic carbocycles. The summed E-state index contributed by atoms with van der Waals surface area (Å²) in [5, 5.41) is 5.28. The number of benzene rings is 1. The molecule has 1 aromatic rings. The Bertz CT molecular complexity index is 678. The van der Waals surface area contributed by atoms with E-state index in [1.54, 1.807) is 12.1 Å². The third-order valence-corrected chi connectivity index (χ3v) is 5.94. The van der Waals surface area contributed by atoms with Gasteiger partial charge in [0, 0.05) is 0 Å². The molecule has 0 heterocycles. The lowest BCUT2D eigenvalue weighted by atomic mass is 10.0. The molecule has 0 saturated heterocycles. The highest BCUT2D eigenvalue weighted by molar-refractivity contribution is 7.89. The minimum Gasteiger partial charge on any atom is -0.225 e. The fourth-order valence-electron chi connectivity index (χ4n) is 3.29. The van der Waals surface area contributed by atoms with Crippen molar-refractivity contribution in [2.24, 2.45) is 5.14 Å². The zero-order valence-electron chi connectivity index (χ0n) is 17.6. The van der Waals surface area contributed by atoms with Crippen LogP contribution in [0.25, 0.3) is 0 Å². The molecule has 0 atom stereocenters. The van der Waals surface area contributed by atoms with Crippen LogP contribution in [0.3, 0.4) is 0 Å². The van der Waals surface area contributed by atoms with Gasteiger partial charge in [-0.15, -0.1) is 0 Å². The molecule has 0 spiro atoms. The number of aryl methyl sites for hydroxylation is 1. The predicted octanol–water partition coefficient (Wildman–Crippen LogP) is 6.69. The van der Waals surface area contributed by atoms with Gasteiger partial charge in [0.25, 0.3) is 0 Å². The first-order valence-electron chi connectivity index (χ1n) is 11.0. The smallest absolute Gasteiger partial charge is 0.225 e. The predicted molar refractivity (Wildman–Crippen MR) is 121 cm³/mol. The topological polar surface area (TPSA) is 60.2 Å². The van der Waals surface area contributed by atoms with Crippen molar-refractivity contribution in [3.8, 4) is 0 Å². The molecule has 3 nitrogen and oxygen atoms in total. The molecule has 1 aromatic carbocycles. The number of rotatable bonds is 16. The molecular weight excluding hydrogens is 366 g/mol. The van der Waals surface area contributed by atoms with E-state index in [9.17, 15) is 8.42 Å². The van der Waals surface area contributed by atoms with Crippen molar-refractivity contribution in [3.05, 3.63) is 54.1 Å². The zero-order chi connectivity index (χ0) is 20.5. The average molecular weight is 406 g/mol. The number of allylic oxidation sites excluding steroid dienone is 4. The van der Waals surface area contributed by atoms with Crippen LogP contribution in [0.15, 0.2) is 53.5 Å². The van der Waals surface area contributed by atoms with Crippen LogP contribution in [0.4, 0.5) is 0 Å². The second kappa shape index (κ2) is 15.5. The Morgan fingerprint density at radius 3 is 2.00 bits per heavy atom. The number of hydrogen-bond donors (Lipinski definition) is 1. The van der Waals surface area contributed by atoms with E-state index < -0.39 is 10.0 Å². The summed E-state index contributed by atoms with van der Waals surface area (Å²) < 4.78 is 23.2. The van der Waals surface area contributed by atoms with Crippen LogP contribution >= 0.6 is 0 Å². The van der Waals surface area contributed by atoms with Crippen LogP contribution in [0.2, 0.25) is 0 Å². The van der Waals surface area contributed by atoms with Gasteiger partial charge in [-0.2, -0.15) is 0 Å². The van der Waals surface area contributed by atoms with Crippen molar-refractivity contribution in [3.63, 3.8) is 0 Å². The van der Waals surface area contributed by atoms with Crippen molar-refractivity contribution in [2.75, 3.05) is 0 Å². The number of nitrogens with two attached hydrogens (primary N) is 1. The lowest BCUT2D eigenvalue weighted by Crippen LogP contribution is -2.14. The molecular formula is C24H39NO2S. The van der Waals surface area contributed by atoms with Crippen LogP contribution in [0.1, 0.15) is 89.5 Å². The van der Waals surface area contributed by atoms with E-state index in [0.717, 1.165) is 31.2 Å². The van der Waals surface area contributed by atoms with E-state index in [0.29, 0.717) is 0 Å². The van der Waals surface area contributed by atoms with Crippen molar-refractivity contribution >= 4 is 10.0 Å². The van der Waals surface area contributed by atoms with Gasteiger partial charge in [0.2, 0.25) is 10.0 Å². The maximum Gasteiger partial charge on any atom is 0.238 e. The lowest BCUT2D eigenvalue weighted by Gasteiger charge is -2.07.